The van der Waals surface area contributed by atoms with Crippen LogP contribution in [0.1, 0.15) is 18.1 Å². The van der Waals surface area contributed by atoms with Gasteiger partial charge in [-0.1, -0.05) is 11.6 Å². The molecule has 13 heavy (non-hydrogen) atoms. The maximum absolute atomic E-state index is 9.67. The topological polar surface area (TPSA) is 29.5 Å². The molecule has 0 saturated carbocycles. The van der Waals surface area contributed by atoms with Gasteiger partial charge in [0, 0.05) is 16.9 Å². The fourth-order valence-corrected chi connectivity index (χ4v) is 1.98. The largest absolute Gasteiger partial charge is 0.492 e. The minimum absolute atomic E-state index is 0.516. The summed E-state index contributed by atoms with van der Waals surface area (Å²) in [5.74, 6) is 0.620. The molecule has 1 aromatic rings. The second-order valence-electron chi connectivity index (χ2n) is 2.96. The monoisotopic (exact) mass is 216 g/mol. The van der Waals surface area contributed by atoms with E-state index in [1.54, 1.807) is 12.1 Å². The number of ether oxygens (including phenoxy) is 1. The summed E-state index contributed by atoms with van der Waals surface area (Å²) in [7, 11) is 0. The van der Waals surface area contributed by atoms with Crippen molar-refractivity contribution in [3.63, 3.8) is 0 Å². The van der Waals surface area contributed by atoms with Crippen LogP contribution in [0.4, 0.5) is 0 Å². The molecule has 1 N–H and O–H groups in total. The summed E-state index contributed by atoms with van der Waals surface area (Å²) >= 11 is 10.2. The minimum Gasteiger partial charge on any atom is -0.492 e. The Morgan fingerprint density at radius 1 is 1.54 bits per heavy atom. The second kappa shape index (κ2) is 3.40. The summed E-state index contributed by atoms with van der Waals surface area (Å²) in [6, 6.07) is 3.49. The maximum Gasteiger partial charge on any atom is 0.139 e. The number of aliphatic hydroxyl groups is 1. The lowest BCUT2D eigenvalue weighted by molar-refractivity contribution is 0.113. The second-order valence-corrected chi connectivity index (χ2v) is 3.85. The summed E-state index contributed by atoms with van der Waals surface area (Å²) in [4.78, 5) is 0.721. The maximum atomic E-state index is 9.67. The van der Waals surface area contributed by atoms with Crippen LogP contribution < -0.4 is 4.74 Å². The van der Waals surface area contributed by atoms with Gasteiger partial charge in [-0.05, 0) is 12.1 Å². The standard InChI is InChI=1S/C9H9ClO2S/c10-5-1-2-7(13)9-8(5)6(11)3-4-12-9/h1-2,6,11,13H,3-4H2. The number of fused-ring (bicyclic) bond motifs is 1. The molecule has 1 atom stereocenters. The van der Waals surface area contributed by atoms with E-state index in [-0.39, 0.29) is 0 Å². The fourth-order valence-electron chi connectivity index (χ4n) is 1.44. The van der Waals surface area contributed by atoms with Crippen LogP contribution in [0, 0.1) is 0 Å². The van der Waals surface area contributed by atoms with Crippen molar-refractivity contribution in [1.82, 2.24) is 0 Å². The first-order valence-electron chi connectivity index (χ1n) is 4.02. The zero-order chi connectivity index (χ0) is 9.42. The molecule has 1 aliphatic rings. The summed E-state index contributed by atoms with van der Waals surface area (Å²) in [6.07, 6.45) is 0.0626. The van der Waals surface area contributed by atoms with E-state index in [2.05, 4.69) is 12.6 Å². The van der Waals surface area contributed by atoms with Crippen molar-refractivity contribution in [3.05, 3.63) is 22.7 Å². The first kappa shape index (κ1) is 9.19. The van der Waals surface area contributed by atoms with Crippen LogP contribution in [-0.4, -0.2) is 11.7 Å². The number of benzene rings is 1. The molecule has 0 fully saturated rings. The average Bonchev–Trinajstić information content (AvgIpc) is 2.12. The van der Waals surface area contributed by atoms with E-state index < -0.39 is 6.10 Å². The van der Waals surface area contributed by atoms with Crippen LogP contribution in [0.5, 0.6) is 5.75 Å². The van der Waals surface area contributed by atoms with E-state index in [1.807, 2.05) is 0 Å². The van der Waals surface area contributed by atoms with E-state index in [9.17, 15) is 5.11 Å². The molecule has 0 radical (unpaired) electrons. The number of thiol groups is 1. The SMILES string of the molecule is OC1CCOc2c(S)ccc(Cl)c21. The normalized spacial score (nSPS) is 20.7. The zero-order valence-electron chi connectivity index (χ0n) is 6.83. The predicted molar refractivity (Wildman–Crippen MR) is 53.8 cm³/mol. The molecule has 70 valence electrons. The lowest BCUT2D eigenvalue weighted by atomic mass is 10.0. The third kappa shape index (κ3) is 1.52. The van der Waals surface area contributed by atoms with Gasteiger partial charge in [0.25, 0.3) is 0 Å². The molecular formula is C9H9ClO2S. The molecule has 0 spiro atoms. The van der Waals surface area contributed by atoms with Gasteiger partial charge >= 0.3 is 0 Å². The molecule has 1 aliphatic heterocycles. The smallest absolute Gasteiger partial charge is 0.139 e. The zero-order valence-corrected chi connectivity index (χ0v) is 8.48. The average molecular weight is 217 g/mol. The minimum atomic E-state index is -0.525. The summed E-state index contributed by atoms with van der Waals surface area (Å²) in [5, 5.41) is 10.2. The molecule has 4 heteroatoms. The molecule has 1 aromatic carbocycles. The molecule has 2 nitrogen and oxygen atoms in total. The van der Waals surface area contributed by atoms with Crippen LogP contribution in [-0.2, 0) is 0 Å². The Bertz CT molecular complexity index is 341. The van der Waals surface area contributed by atoms with Gasteiger partial charge in [-0.25, -0.2) is 0 Å². The van der Waals surface area contributed by atoms with E-state index in [0.717, 1.165) is 4.90 Å². The third-order valence-corrected chi connectivity index (χ3v) is 2.77. The number of halogens is 1. The van der Waals surface area contributed by atoms with Gasteiger partial charge in [0.2, 0.25) is 0 Å². The van der Waals surface area contributed by atoms with Gasteiger partial charge in [0.05, 0.1) is 17.7 Å². The van der Waals surface area contributed by atoms with Gasteiger partial charge in [-0.2, -0.15) is 0 Å². The highest BCUT2D eigenvalue weighted by Gasteiger charge is 2.23. The molecule has 0 saturated heterocycles. The summed E-state index contributed by atoms with van der Waals surface area (Å²) in [6.45, 7) is 0.516. The molecule has 0 bridgehead atoms. The molecule has 1 unspecified atom stereocenters. The van der Waals surface area contributed by atoms with E-state index in [0.29, 0.717) is 29.4 Å². The summed E-state index contributed by atoms with van der Waals surface area (Å²) < 4.78 is 5.38. The highest BCUT2D eigenvalue weighted by molar-refractivity contribution is 7.80. The van der Waals surface area contributed by atoms with Crippen LogP contribution in [0.3, 0.4) is 0 Å². The lowest BCUT2D eigenvalue weighted by Crippen LogP contribution is -2.14. The van der Waals surface area contributed by atoms with Crippen LogP contribution in [0.2, 0.25) is 5.02 Å². The van der Waals surface area contributed by atoms with Gasteiger partial charge in [-0.15, -0.1) is 12.6 Å². The Kier molecular flexibility index (Phi) is 2.41. The van der Waals surface area contributed by atoms with Crippen molar-refractivity contribution in [2.24, 2.45) is 0 Å². The molecule has 0 aliphatic carbocycles. The highest BCUT2D eigenvalue weighted by atomic mass is 35.5. The van der Waals surface area contributed by atoms with Gasteiger partial charge in [0.15, 0.2) is 0 Å². The third-order valence-electron chi connectivity index (χ3n) is 2.09. The van der Waals surface area contributed by atoms with Gasteiger partial charge in [0.1, 0.15) is 5.75 Å². The lowest BCUT2D eigenvalue weighted by Gasteiger charge is -2.24. The van der Waals surface area contributed by atoms with Crippen LogP contribution in [0.25, 0.3) is 0 Å². The first-order chi connectivity index (χ1) is 6.20. The number of hydrogen-bond donors (Lipinski definition) is 2. The summed E-state index contributed by atoms with van der Waals surface area (Å²) in [5.41, 5.74) is 0.667. The number of rotatable bonds is 0. The van der Waals surface area contributed by atoms with Crippen molar-refractivity contribution >= 4 is 24.2 Å². The Morgan fingerprint density at radius 3 is 3.00 bits per heavy atom. The number of hydrogen-bond acceptors (Lipinski definition) is 3. The Morgan fingerprint density at radius 2 is 2.31 bits per heavy atom. The molecule has 0 aromatic heterocycles. The van der Waals surface area contributed by atoms with E-state index in [4.69, 9.17) is 16.3 Å². The van der Waals surface area contributed by atoms with Crippen LogP contribution >= 0.6 is 24.2 Å². The van der Waals surface area contributed by atoms with Crippen molar-refractivity contribution in [2.45, 2.75) is 17.4 Å². The fraction of sp³-hybridized carbons (Fsp3) is 0.333. The number of aliphatic hydroxyl groups excluding tert-OH is 1. The van der Waals surface area contributed by atoms with Crippen molar-refractivity contribution in [1.29, 1.82) is 0 Å². The first-order valence-corrected chi connectivity index (χ1v) is 4.85. The quantitative estimate of drug-likeness (QED) is 0.653. The van der Waals surface area contributed by atoms with E-state index in [1.165, 1.54) is 0 Å². The van der Waals surface area contributed by atoms with Crippen molar-refractivity contribution < 1.29 is 9.84 Å². The molecule has 1 heterocycles. The highest BCUT2D eigenvalue weighted by Crippen LogP contribution is 2.40. The molecular weight excluding hydrogens is 208 g/mol. The predicted octanol–water partition coefficient (Wildman–Crippen LogP) is 2.44. The molecule has 0 amide bonds. The van der Waals surface area contributed by atoms with Gasteiger partial charge < -0.3 is 9.84 Å². The Balaban J connectivity index is 2.60. The Hall–Kier alpha value is -0.380. The van der Waals surface area contributed by atoms with Gasteiger partial charge in [-0.3, -0.25) is 0 Å². The van der Waals surface area contributed by atoms with Crippen molar-refractivity contribution in [3.8, 4) is 5.75 Å². The van der Waals surface area contributed by atoms with Crippen LogP contribution in [0.15, 0.2) is 17.0 Å². The van der Waals surface area contributed by atoms with Crippen molar-refractivity contribution in [2.75, 3.05) is 6.61 Å². The van der Waals surface area contributed by atoms with E-state index >= 15 is 0 Å². The Labute approximate surface area is 86.9 Å². The molecule has 2 rings (SSSR count).